The molecule has 3 rings (SSSR count). The van der Waals surface area contributed by atoms with E-state index in [0.717, 1.165) is 44.3 Å². The maximum atomic E-state index is 10.8. The molecule has 31 heavy (non-hydrogen) atoms. The molecule has 6 heteroatoms. The monoisotopic (exact) mass is 432 g/mol. The van der Waals surface area contributed by atoms with Crippen molar-refractivity contribution in [2.75, 3.05) is 13.2 Å². The van der Waals surface area contributed by atoms with Crippen LogP contribution in [0.2, 0.25) is 0 Å². The van der Waals surface area contributed by atoms with Gasteiger partial charge in [-0.1, -0.05) is 42.5 Å². The third-order valence-electron chi connectivity index (χ3n) is 6.22. The van der Waals surface area contributed by atoms with Crippen LogP contribution in [0.1, 0.15) is 56.9 Å². The molecule has 0 amide bonds. The first-order chi connectivity index (χ1) is 15.1. The lowest BCUT2D eigenvalue weighted by molar-refractivity contribution is -0.199. The molecule has 6 nitrogen and oxygen atoms in total. The zero-order valence-electron chi connectivity index (χ0n) is 18.2. The maximum Gasteiger partial charge on any atom is 0.303 e. The molecular formula is C25H36O6. The van der Waals surface area contributed by atoms with Gasteiger partial charge in [-0.2, -0.15) is 0 Å². The Morgan fingerprint density at radius 1 is 1.16 bits per heavy atom. The molecule has 1 saturated heterocycles. The zero-order valence-corrected chi connectivity index (χ0v) is 18.2. The minimum absolute atomic E-state index is 0.0556. The summed E-state index contributed by atoms with van der Waals surface area (Å²) in [5.74, 6) is -0.617. The number of aliphatic carboxylic acids is 1. The molecular weight excluding hydrogens is 396 g/mol. The van der Waals surface area contributed by atoms with Crippen LogP contribution in [0, 0.1) is 11.8 Å². The molecule has 0 radical (unpaired) electrons. The Balaban J connectivity index is 1.55. The summed E-state index contributed by atoms with van der Waals surface area (Å²) in [4.78, 5) is 10.6. The molecule has 2 N–H and O–H groups in total. The summed E-state index contributed by atoms with van der Waals surface area (Å²) < 4.78 is 18.1. The van der Waals surface area contributed by atoms with Crippen molar-refractivity contribution in [3.05, 3.63) is 48.0 Å². The van der Waals surface area contributed by atoms with Gasteiger partial charge >= 0.3 is 5.97 Å². The van der Waals surface area contributed by atoms with Crippen molar-refractivity contribution in [2.45, 2.75) is 76.5 Å². The van der Waals surface area contributed by atoms with Crippen LogP contribution < -0.4 is 0 Å². The summed E-state index contributed by atoms with van der Waals surface area (Å²) in [6, 6.07) is 10.1. The van der Waals surface area contributed by atoms with Crippen molar-refractivity contribution in [2.24, 2.45) is 11.8 Å². The van der Waals surface area contributed by atoms with Gasteiger partial charge in [-0.15, -0.1) is 0 Å². The van der Waals surface area contributed by atoms with Crippen LogP contribution in [0.5, 0.6) is 0 Å². The van der Waals surface area contributed by atoms with E-state index in [4.69, 9.17) is 19.3 Å². The molecule has 0 aromatic heterocycles. The van der Waals surface area contributed by atoms with Gasteiger partial charge in [0.2, 0.25) is 0 Å². The Hall–Kier alpha value is -1.73. The lowest BCUT2D eigenvalue weighted by atomic mass is 9.91. The fraction of sp³-hybridized carbons (Fsp3) is 0.640. The highest BCUT2D eigenvalue weighted by atomic mass is 16.7. The van der Waals surface area contributed by atoms with Crippen LogP contribution in [0.3, 0.4) is 0 Å². The fourth-order valence-corrected chi connectivity index (χ4v) is 4.51. The normalized spacial score (nSPS) is 28.9. The molecule has 172 valence electrons. The molecule has 1 heterocycles. The number of hydrogen-bond donors (Lipinski definition) is 2. The highest BCUT2D eigenvalue weighted by molar-refractivity contribution is 5.66. The maximum absolute atomic E-state index is 10.8. The quantitative estimate of drug-likeness (QED) is 0.378. The lowest BCUT2D eigenvalue weighted by Crippen LogP contribution is -2.33. The van der Waals surface area contributed by atoms with Crippen LogP contribution in [-0.2, 0) is 25.6 Å². The van der Waals surface area contributed by atoms with Crippen molar-refractivity contribution in [1.82, 2.24) is 0 Å². The smallest absolute Gasteiger partial charge is 0.303 e. The SMILES string of the molecule is O=C(O)CCCC=CC[C@H]1[C@H](COCc2ccccc2)[C@@H](OC2CCCCO2)C[C@H]1O. The summed E-state index contributed by atoms with van der Waals surface area (Å²) in [7, 11) is 0. The minimum Gasteiger partial charge on any atom is -0.481 e. The van der Waals surface area contributed by atoms with Crippen LogP contribution in [0.4, 0.5) is 0 Å². The Morgan fingerprint density at radius 2 is 2.00 bits per heavy atom. The number of benzene rings is 1. The predicted molar refractivity (Wildman–Crippen MR) is 117 cm³/mol. The van der Waals surface area contributed by atoms with Gasteiger partial charge in [-0.3, -0.25) is 4.79 Å². The van der Waals surface area contributed by atoms with E-state index in [1.54, 1.807) is 0 Å². The number of carboxylic acids is 1. The number of ether oxygens (including phenoxy) is 3. The van der Waals surface area contributed by atoms with Crippen molar-refractivity contribution < 1.29 is 29.2 Å². The first-order valence-corrected chi connectivity index (χ1v) is 11.6. The van der Waals surface area contributed by atoms with Gasteiger partial charge in [0.25, 0.3) is 0 Å². The predicted octanol–water partition coefficient (Wildman–Crippen LogP) is 4.31. The second-order valence-electron chi connectivity index (χ2n) is 8.60. The molecule has 1 unspecified atom stereocenters. The zero-order chi connectivity index (χ0) is 21.9. The van der Waals surface area contributed by atoms with Crippen LogP contribution >= 0.6 is 0 Å². The number of aliphatic hydroxyl groups excluding tert-OH is 1. The van der Waals surface area contributed by atoms with Crippen molar-refractivity contribution >= 4 is 5.97 Å². The first-order valence-electron chi connectivity index (χ1n) is 11.6. The highest BCUT2D eigenvalue weighted by Crippen LogP contribution is 2.39. The molecule has 5 atom stereocenters. The van der Waals surface area contributed by atoms with Gasteiger partial charge in [0.1, 0.15) is 0 Å². The molecule has 1 aliphatic heterocycles. The Labute approximate surface area is 185 Å². The van der Waals surface area contributed by atoms with Crippen molar-refractivity contribution in [1.29, 1.82) is 0 Å². The molecule has 0 bridgehead atoms. The second-order valence-corrected chi connectivity index (χ2v) is 8.60. The second kappa shape index (κ2) is 13.0. The van der Waals surface area contributed by atoms with Crippen molar-refractivity contribution in [3.8, 4) is 0 Å². The standard InChI is InChI=1S/C25H36O6/c26-22-16-23(31-25-14-8-9-15-30-25)21(18-29-17-19-10-4-3-5-11-19)20(22)12-6-1-2-7-13-24(27)28/h1,3-6,10-11,20-23,25-26H,2,7-9,12-18H2,(H,27,28)/t20-,21-,22+,23-,25?/m0/s1. The van der Waals surface area contributed by atoms with E-state index in [1.807, 2.05) is 36.4 Å². The van der Waals surface area contributed by atoms with E-state index >= 15 is 0 Å². The van der Waals surface area contributed by atoms with E-state index < -0.39 is 12.1 Å². The average molecular weight is 433 g/mol. The minimum atomic E-state index is -0.764. The number of aliphatic hydroxyl groups is 1. The number of carbonyl (C=O) groups is 1. The molecule has 1 aliphatic carbocycles. The highest BCUT2D eigenvalue weighted by Gasteiger charge is 2.43. The first kappa shape index (κ1) is 23.9. The third-order valence-corrected chi connectivity index (χ3v) is 6.22. The van der Waals surface area contributed by atoms with Crippen LogP contribution in [0.15, 0.2) is 42.5 Å². The summed E-state index contributed by atoms with van der Waals surface area (Å²) in [5.41, 5.74) is 1.13. The van der Waals surface area contributed by atoms with Crippen molar-refractivity contribution in [3.63, 3.8) is 0 Å². The van der Waals surface area contributed by atoms with Gasteiger partial charge in [0, 0.05) is 25.4 Å². The van der Waals surface area contributed by atoms with Gasteiger partial charge in [0.05, 0.1) is 25.4 Å². The average Bonchev–Trinajstić information content (AvgIpc) is 3.06. The molecule has 2 aliphatic rings. The van der Waals surface area contributed by atoms with Gasteiger partial charge < -0.3 is 24.4 Å². The molecule has 1 aromatic rings. The molecule has 0 spiro atoms. The van der Waals surface area contributed by atoms with E-state index in [-0.39, 0.29) is 30.7 Å². The number of allylic oxidation sites excluding steroid dienone is 2. The molecule has 2 fully saturated rings. The third kappa shape index (κ3) is 8.04. The van der Waals surface area contributed by atoms with E-state index in [2.05, 4.69) is 6.08 Å². The number of carboxylic acid groups (broad SMARTS) is 1. The molecule has 1 saturated carbocycles. The Kier molecular flexibility index (Phi) is 10.0. The largest absolute Gasteiger partial charge is 0.481 e. The van der Waals surface area contributed by atoms with Gasteiger partial charge in [0.15, 0.2) is 6.29 Å². The number of hydrogen-bond acceptors (Lipinski definition) is 5. The van der Waals surface area contributed by atoms with Crippen LogP contribution in [-0.4, -0.2) is 47.9 Å². The number of rotatable bonds is 12. The summed E-state index contributed by atoms with van der Waals surface area (Å²) >= 11 is 0. The molecule has 1 aromatic carbocycles. The lowest BCUT2D eigenvalue weighted by Gasteiger charge is -2.30. The Morgan fingerprint density at radius 3 is 2.74 bits per heavy atom. The van der Waals surface area contributed by atoms with Gasteiger partial charge in [-0.05, 0) is 50.0 Å². The van der Waals surface area contributed by atoms with E-state index in [1.165, 1.54) is 0 Å². The topological polar surface area (TPSA) is 85.2 Å². The summed E-state index contributed by atoms with van der Waals surface area (Å²) in [5, 5.41) is 19.5. The van der Waals surface area contributed by atoms with Gasteiger partial charge in [-0.25, -0.2) is 0 Å². The van der Waals surface area contributed by atoms with Crippen LogP contribution in [0.25, 0.3) is 0 Å². The fourth-order valence-electron chi connectivity index (χ4n) is 4.51. The number of unbranched alkanes of at least 4 members (excludes halogenated alkanes) is 1. The summed E-state index contributed by atoms with van der Waals surface area (Å²) in [6.07, 6.45) is 9.35. The van der Waals surface area contributed by atoms with E-state index in [0.29, 0.717) is 26.1 Å². The Bertz CT molecular complexity index is 670. The summed E-state index contributed by atoms with van der Waals surface area (Å²) in [6.45, 7) is 1.80. The van der Waals surface area contributed by atoms with E-state index in [9.17, 15) is 9.90 Å².